The van der Waals surface area contributed by atoms with Crippen molar-refractivity contribution in [3.05, 3.63) is 11.6 Å². The second kappa shape index (κ2) is 7.51. The van der Waals surface area contributed by atoms with E-state index in [1.54, 1.807) is 5.57 Å². The molecule has 4 aliphatic carbocycles. The Morgan fingerprint density at radius 1 is 1.09 bits per heavy atom. The van der Waals surface area contributed by atoms with Crippen LogP contribution in [0.2, 0.25) is 0 Å². The highest BCUT2D eigenvalue weighted by Crippen LogP contribution is 2.73. The van der Waals surface area contributed by atoms with E-state index in [4.69, 9.17) is 4.74 Å². The Morgan fingerprint density at radius 3 is 2.47 bits per heavy atom. The molecular formula is C30H46O4. The topological polar surface area (TPSA) is 63.6 Å². The first-order valence-corrected chi connectivity index (χ1v) is 13.9. The van der Waals surface area contributed by atoms with Gasteiger partial charge in [0.15, 0.2) is 5.78 Å². The molecule has 5 rings (SSSR count). The molecule has 4 heteroatoms. The minimum atomic E-state index is -1.60. The molecule has 1 heterocycles. The van der Waals surface area contributed by atoms with Gasteiger partial charge in [-0.15, -0.1) is 0 Å². The van der Waals surface area contributed by atoms with Crippen LogP contribution in [0.15, 0.2) is 11.6 Å². The number of rotatable bonds is 3. The first-order valence-electron chi connectivity index (χ1n) is 13.9. The van der Waals surface area contributed by atoms with Gasteiger partial charge in [0.1, 0.15) is 5.78 Å². The fourth-order valence-corrected chi connectivity index (χ4v) is 9.91. The largest absolute Gasteiger partial charge is 0.360 e. The molecule has 0 aromatic rings. The summed E-state index contributed by atoms with van der Waals surface area (Å²) in [4.78, 5) is 25.5. The number of allylic oxidation sites excluding steroid dienone is 2. The van der Waals surface area contributed by atoms with Crippen LogP contribution in [0, 0.1) is 51.2 Å². The van der Waals surface area contributed by atoms with Gasteiger partial charge in [-0.1, -0.05) is 60.1 Å². The van der Waals surface area contributed by atoms with Gasteiger partial charge in [-0.3, -0.25) is 9.59 Å². The molecule has 5 aliphatic rings. The number of aliphatic hydroxyl groups is 1. The third-order valence-electron chi connectivity index (χ3n) is 12.2. The average molecular weight is 471 g/mol. The number of hydrogen-bond acceptors (Lipinski definition) is 4. The van der Waals surface area contributed by atoms with Gasteiger partial charge < -0.3 is 9.84 Å². The molecule has 0 amide bonds. The van der Waals surface area contributed by atoms with E-state index in [0.717, 1.165) is 25.7 Å². The predicted octanol–water partition coefficient (Wildman–Crippen LogP) is 6.11. The molecule has 1 aliphatic heterocycles. The molecule has 0 spiro atoms. The molecule has 4 nitrogen and oxygen atoms in total. The maximum absolute atomic E-state index is 12.8. The van der Waals surface area contributed by atoms with E-state index >= 15 is 0 Å². The molecule has 0 radical (unpaired) electrons. The van der Waals surface area contributed by atoms with Crippen molar-refractivity contribution in [1.82, 2.24) is 0 Å². The quantitative estimate of drug-likeness (QED) is 0.505. The molecule has 1 unspecified atom stereocenters. The van der Waals surface area contributed by atoms with Crippen molar-refractivity contribution in [2.24, 2.45) is 51.2 Å². The molecule has 1 saturated heterocycles. The zero-order valence-corrected chi connectivity index (χ0v) is 22.5. The molecule has 34 heavy (non-hydrogen) atoms. The van der Waals surface area contributed by atoms with E-state index in [1.807, 2.05) is 13.8 Å². The highest BCUT2D eigenvalue weighted by atomic mass is 16.6. The molecule has 1 N–H and O–H groups in total. The van der Waals surface area contributed by atoms with E-state index in [9.17, 15) is 14.7 Å². The van der Waals surface area contributed by atoms with Crippen LogP contribution in [0.1, 0.15) is 99.8 Å². The summed E-state index contributed by atoms with van der Waals surface area (Å²) in [7, 11) is 0. The van der Waals surface area contributed by atoms with E-state index in [2.05, 4.69) is 40.7 Å². The third kappa shape index (κ3) is 3.03. The second-order valence-corrected chi connectivity index (χ2v) is 14.2. The number of fused-ring (bicyclic) bond motifs is 5. The van der Waals surface area contributed by atoms with E-state index in [1.165, 1.54) is 19.3 Å². The van der Waals surface area contributed by atoms with E-state index in [0.29, 0.717) is 36.6 Å². The summed E-state index contributed by atoms with van der Waals surface area (Å²) in [5, 5.41) is 11.0. The molecular weight excluding hydrogens is 424 g/mol. The lowest BCUT2D eigenvalue weighted by molar-refractivity contribution is -0.189. The third-order valence-corrected chi connectivity index (χ3v) is 12.2. The van der Waals surface area contributed by atoms with Crippen molar-refractivity contribution < 1.29 is 19.4 Å². The number of carbonyl (C=O) groups excluding carboxylic acids is 2. The number of carbonyl (C=O) groups is 2. The lowest BCUT2D eigenvalue weighted by Gasteiger charge is -2.63. The molecule has 4 fully saturated rings. The van der Waals surface area contributed by atoms with Crippen LogP contribution in [0.5, 0.6) is 0 Å². The van der Waals surface area contributed by atoms with Gasteiger partial charge in [0.05, 0.1) is 6.61 Å². The summed E-state index contributed by atoms with van der Waals surface area (Å²) in [5.74, 6) is 0.137. The number of hydrogen-bond donors (Lipinski definition) is 1. The van der Waals surface area contributed by atoms with Crippen LogP contribution < -0.4 is 0 Å². The van der Waals surface area contributed by atoms with E-state index in [-0.39, 0.29) is 39.3 Å². The lowest BCUT2D eigenvalue weighted by atomic mass is 9.41. The van der Waals surface area contributed by atoms with Crippen molar-refractivity contribution >= 4 is 11.6 Å². The van der Waals surface area contributed by atoms with Gasteiger partial charge in [0.25, 0.3) is 0 Å². The summed E-state index contributed by atoms with van der Waals surface area (Å²) in [6, 6.07) is 0. The second-order valence-electron chi connectivity index (χ2n) is 14.2. The predicted molar refractivity (Wildman–Crippen MR) is 133 cm³/mol. The van der Waals surface area contributed by atoms with Crippen LogP contribution in [-0.2, 0) is 14.3 Å². The smallest absolute Gasteiger partial charge is 0.227 e. The van der Waals surface area contributed by atoms with Crippen molar-refractivity contribution in [1.29, 1.82) is 0 Å². The molecule has 3 saturated carbocycles. The van der Waals surface area contributed by atoms with Gasteiger partial charge in [-0.2, -0.15) is 0 Å². The summed E-state index contributed by atoms with van der Waals surface area (Å²) in [6.45, 7) is 16.0. The monoisotopic (exact) mass is 470 g/mol. The highest BCUT2D eigenvalue weighted by Gasteiger charge is 2.66. The Balaban J connectivity index is 1.45. The van der Waals surface area contributed by atoms with Crippen LogP contribution >= 0.6 is 0 Å². The number of ketones is 2. The molecule has 190 valence electrons. The molecule has 8 atom stereocenters. The standard InChI is InChI=1S/C30H46O4/c1-18(2)25(32)30(33)16-19(17-34-30)20-10-14-29(7)22-8-9-23-26(3,4)24(31)12-13-27(23,5)21(22)11-15-28(20,29)6/h8,18-21,23,33H,9-17H2,1-7H3/t19-,20-,21-,23-,27+,28-,29+,30?/m0/s1. The van der Waals surface area contributed by atoms with E-state index < -0.39 is 5.79 Å². The highest BCUT2D eigenvalue weighted by molar-refractivity contribution is 5.87. The number of Topliss-reactive ketones (excluding diaryl/α,β-unsaturated/α-hetero) is 2. The number of ether oxygens (including phenoxy) is 1. The molecule has 0 bridgehead atoms. The van der Waals surface area contributed by atoms with Crippen LogP contribution in [0.4, 0.5) is 0 Å². The van der Waals surface area contributed by atoms with Crippen LogP contribution in [0.3, 0.4) is 0 Å². The minimum Gasteiger partial charge on any atom is -0.360 e. The van der Waals surface area contributed by atoms with Gasteiger partial charge in [0.2, 0.25) is 5.79 Å². The van der Waals surface area contributed by atoms with Gasteiger partial charge in [-0.25, -0.2) is 0 Å². The maximum Gasteiger partial charge on any atom is 0.227 e. The normalized spacial score (nSPS) is 49.9. The molecule has 0 aromatic carbocycles. The summed E-state index contributed by atoms with van der Waals surface area (Å²) in [6.07, 6.45) is 10.5. The van der Waals surface area contributed by atoms with Crippen molar-refractivity contribution in [3.8, 4) is 0 Å². The van der Waals surface area contributed by atoms with Gasteiger partial charge in [-0.05, 0) is 78.4 Å². The van der Waals surface area contributed by atoms with Gasteiger partial charge in [0, 0.05) is 24.2 Å². The Hall–Kier alpha value is -1.00. The summed E-state index contributed by atoms with van der Waals surface area (Å²) in [5.41, 5.74) is 1.93. The molecule has 0 aromatic heterocycles. The first kappa shape index (κ1) is 24.7. The fraction of sp³-hybridized carbons (Fsp3) is 0.867. The van der Waals surface area contributed by atoms with Gasteiger partial charge >= 0.3 is 0 Å². The Morgan fingerprint density at radius 2 is 1.79 bits per heavy atom. The minimum absolute atomic E-state index is 0.142. The summed E-state index contributed by atoms with van der Waals surface area (Å²) >= 11 is 0. The van der Waals surface area contributed by atoms with Crippen LogP contribution in [0.25, 0.3) is 0 Å². The Labute approximate surface area is 206 Å². The fourth-order valence-electron chi connectivity index (χ4n) is 9.91. The average Bonchev–Trinajstić information content (AvgIpc) is 3.28. The maximum atomic E-state index is 12.8. The van der Waals surface area contributed by atoms with Crippen LogP contribution in [-0.4, -0.2) is 29.1 Å². The summed E-state index contributed by atoms with van der Waals surface area (Å²) < 4.78 is 5.83. The first-order chi connectivity index (χ1) is 15.7. The zero-order chi connectivity index (χ0) is 24.9. The van der Waals surface area contributed by atoms with Crippen molar-refractivity contribution in [3.63, 3.8) is 0 Å². The van der Waals surface area contributed by atoms with Crippen molar-refractivity contribution in [2.75, 3.05) is 6.61 Å². The Kier molecular flexibility index (Phi) is 5.45. The van der Waals surface area contributed by atoms with Crippen molar-refractivity contribution in [2.45, 2.75) is 106 Å². The zero-order valence-electron chi connectivity index (χ0n) is 22.5. The lowest BCUT2D eigenvalue weighted by Crippen LogP contribution is -2.57. The Bertz CT molecular complexity index is 932. The SMILES string of the molecule is CC(C)C(=O)C1(O)C[C@H]([C@@H]2CC[C@]3(C)C4=CC[C@H]5C(C)(C)C(=O)CC[C@]5(C)[C@H]4CC[C@@]23C)CO1.